The van der Waals surface area contributed by atoms with Crippen LogP contribution in [0.5, 0.6) is 5.88 Å². The summed E-state index contributed by atoms with van der Waals surface area (Å²) in [5.74, 6) is -0.987. The third kappa shape index (κ3) is 5.61. The van der Waals surface area contributed by atoms with Crippen LogP contribution in [0.25, 0.3) is 22.4 Å². The Morgan fingerprint density at radius 2 is 1.67 bits per heavy atom. The number of hydrogen-bond donors (Lipinski definition) is 1. The molecule has 4 aromatic rings. The molecule has 0 radical (unpaired) electrons. The number of nitrogens with one attached hydrogen (secondary N) is 1. The second kappa shape index (κ2) is 10.5. The molecular weight excluding hydrogens is 438 g/mol. The highest BCUT2D eigenvalue weighted by molar-refractivity contribution is 7.14. The van der Waals surface area contributed by atoms with E-state index < -0.39 is 18.5 Å². The molecule has 0 saturated heterocycles. The van der Waals surface area contributed by atoms with Crippen molar-refractivity contribution >= 4 is 28.3 Å². The molecule has 4 rings (SSSR count). The van der Waals surface area contributed by atoms with Crippen LogP contribution >= 0.6 is 11.3 Å². The maximum atomic E-state index is 12.3. The standard InChI is InChI=1S/C25H21N3O4S/c1-2-31-23-20(9-6-14-26-23)24(30)32-15-22(29)28-25-27-21(16-33-25)19-12-10-18(11-13-19)17-7-4-3-5-8-17/h3-14,16H,2,15H2,1H3,(H,27,28,29). The van der Waals surface area contributed by atoms with Gasteiger partial charge >= 0.3 is 5.97 Å². The fourth-order valence-corrected chi connectivity index (χ4v) is 3.83. The number of amides is 1. The Kier molecular flexibility index (Phi) is 7.06. The van der Waals surface area contributed by atoms with E-state index in [2.05, 4.69) is 27.4 Å². The van der Waals surface area contributed by atoms with E-state index in [-0.39, 0.29) is 11.4 Å². The van der Waals surface area contributed by atoms with Crippen molar-refractivity contribution in [2.75, 3.05) is 18.5 Å². The van der Waals surface area contributed by atoms with E-state index in [4.69, 9.17) is 9.47 Å². The first-order valence-corrected chi connectivity index (χ1v) is 11.2. The molecule has 0 aliphatic carbocycles. The molecule has 0 bridgehead atoms. The lowest BCUT2D eigenvalue weighted by Crippen LogP contribution is -2.21. The summed E-state index contributed by atoms with van der Waals surface area (Å²) >= 11 is 1.30. The molecule has 0 saturated carbocycles. The number of carbonyl (C=O) groups excluding carboxylic acids is 2. The van der Waals surface area contributed by atoms with Gasteiger partial charge in [0.15, 0.2) is 11.7 Å². The largest absolute Gasteiger partial charge is 0.477 e. The van der Waals surface area contributed by atoms with Crippen molar-refractivity contribution in [2.45, 2.75) is 6.92 Å². The summed E-state index contributed by atoms with van der Waals surface area (Å²) in [7, 11) is 0. The topological polar surface area (TPSA) is 90.4 Å². The van der Waals surface area contributed by atoms with Gasteiger partial charge in [0.25, 0.3) is 5.91 Å². The fourth-order valence-electron chi connectivity index (χ4n) is 3.09. The third-order valence-electron chi connectivity index (χ3n) is 4.64. The first kappa shape index (κ1) is 22.2. The molecule has 2 heterocycles. The molecule has 166 valence electrons. The summed E-state index contributed by atoms with van der Waals surface area (Å²) in [4.78, 5) is 33.0. The van der Waals surface area contributed by atoms with Crippen LogP contribution < -0.4 is 10.1 Å². The Labute approximate surface area is 195 Å². The number of hydrogen-bond acceptors (Lipinski definition) is 7. The summed E-state index contributed by atoms with van der Waals surface area (Å²) in [6.45, 7) is 1.70. The Hall–Kier alpha value is -4.04. The van der Waals surface area contributed by atoms with Crippen LogP contribution in [0.3, 0.4) is 0 Å². The predicted octanol–water partition coefficient (Wildman–Crippen LogP) is 5.07. The van der Waals surface area contributed by atoms with Crippen molar-refractivity contribution in [3.63, 3.8) is 0 Å². The van der Waals surface area contributed by atoms with Gasteiger partial charge in [-0.25, -0.2) is 14.8 Å². The molecule has 2 aromatic heterocycles. The number of aromatic nitrogens is 2. The first-order valence-electron chi connectivity index (χ1n) is 10.3. The highest BCUT2D eigenvalue weighted by Crippen LogP contribution is 2.27. The number of carbonyl (C=O) groups is 2. The van der Waals surface area contributed by atoms with E-state index in [0.29, 0.717) is 11.7 Å². The van der Waals surface area contributed by atoms with Crippen molar-refractivity contribution in [3.8, 4) is 28.3 Å². The maximum Gasteiger partial charge on any atom is 0.344 e. The lowest BCUT2D eigenvalue weighted by Gasteiger charge is -2.08. The second-order valence-electron chi connectivity index (χ2n) is 6.89. The molecule has 0 fully saturated rings. The SMILES string of the molecule is CCOc1ncccc1C(=O)OCC(=O)Nc1nc(-c2ccc(-c3ccccc3)cc2)cs1. The van der Waals surface area contributed by atoms with E-state index >= 15 is 0 Å². The van der Waals surface area contributed by atoms with Gasteiger partial charge in [-0.2, -0.15) is 0 Å². The molecule has 0 spiro atoms. The second-order valence-corrected chi connectivity index (χ2v) is 7.75. The van der Waals surface area contributed by atoms with Gasteiger partial charge in [0.2, 0.25) is 5.88 Å². The molecule has 0 aliphatic heterocycles. The zero-order chi connectivity index (χ0) is 23.0. The maximum absolute atomic E-state index is 12.3. The van der Waals surface area contributed by atoms with Gasteiger partial charge in [-0.05, 0) is 30.2 Å². The zero-order valence-corrected chi connectivity index (χ0v) is 18.7. The smallest absolute Gasteiger partial charge is 0.344 e. The molecule has 0 aliphatic rings. The predicted molar refractivity (Wildman–Crippen MR) is 127 cm³/mol. The number of anilines is 1. The summed E-state index contributed by atoms with van der Waals surface area (Å²) in [6, 6.07) is 21.3. The molecule has 1 amide bonds. The number of pyridine rings is 1. The lowest BCUT2D eigenvalue weighted by atomic mass is 10.0. The summed E-state index contributed by atoms with van der Waals surface area (Å²) in [6.07, 6.45) is 1.52. The van der Waals surface area contributed by atoms with Crippen molar-refractivity contribution in [1.82, 2.24) is 9.97 Å². The van der Waals surface area contributed by atoms with Gasteiger partial charge in [0.05, 0.1) is 12.3 Å². The number of esters is 1. The molecule has 0 unspecified atom stereocenters. The zero-order valence-electron chi connectivity index (χ0n) is 17.9. The monoisotopic (exact) mass is 459 g/mol. The molecular formula is C25H21N3O4S. The van der Waals surface area contributed by atoms with Gasteiger partial charge in [-0.3, -0.25) is 10.1 Å². The van der Waals surface area contributed by atoms with Crippen LogP contribution in [-0.4, -0.2) is 35.1 Å². The van der Waals surface area contributed by atoms with Crippen molar-refractivity contribution in [1.29, 1.82) is 0 Å². The van der Waals surface area contributed by atoms with E-state index in [0.717, 1.165) is 22.4 Å². The van der Waals surface area contributed by atoms with E-state index in [1.54, 1.807) is 13.0 Å². The number of ether oxygens (including phenoxy) is 2. The molecule has 33 heavy (non-hydrogen) atoms. The van der Waals surface area contributed by atoms with Crippen molar-refractivity contribution < 1.29 is 19.1 Å². The normalized spacial score (nSPS) is 10.5. The molecule has 0 atom stereocenters. The molecule has 1 N–H and O–H groups in total. The molecule has 2 aromatic carbocycles. The van der Waals surface area contributed by atoms with Gasteiger partial charge in [0, 0.05) is 17.1 Å². The Balaban J connectivity index is 1.34. The summed E-state index contributed by atoms with van der Waals surface area (Å²) in [5, 5.41) is 4.95. The number of nitrogens with zero attached hydrogens (tertiary/aromatic N) is 2. The number of rotatable bonds is 8. The highest BCUT2D eigenvalue weighted by Gasteiger charge is 2.17. The summed E-state index contributed by atoms with van der Waals surface area (Å²) in [5.41, 5.74) is 4.12. The lowest BCUT2D eigenvalue weighted by molar-refractivity contribution is -0.119. The van der Waals surface area contributed by atoms with E-state index in [1.165, 1.54) is 23.6 Å². The van der Waals surface area contributed by atoms with E-state index in [1.807, 2.05) is 47.8 Å². The Bertz CT molecular complexity index is 1240. The average molecular weight is 460 g/mol. The first-order chi connectivity index (χ1) is 16.1. The number of benzene rings is 2. The van der Waals surface area contributed by atoms with Crippen LogP contribution in [0.4, 0.5) is 5.13 Å². The van der Waals surface area contributed by atoms with Crippen molar-refractivity contribution in [3.05, 3.63) is 83.9 Å². The van der Waals surface area contributed by atoms with E-state index in [9.17, 15) is 9.59 Å². The summed E-state index contributed by atoms with van der Waals surface area (Å²) < 4.78 is 10.4. The minimum absolute atomic E-state index is 0.169. The average Bonchev–Trinajstić information content (AvgIpc) is 3.32. The minimum Gasteiger partial charge on any atom is -0.477 e. The van der Waals surface area contributed by atoms with Crippen LogP contribution in [-0.2, 0) is 9.53 Å². The Morgan fingerprint density at radius 3 is 2.42 bits per heavy atom. The van der Waals surface area contributed by atoms with Gasteiger partial charge < -0.3 is 9.47 Å². The van der Waals surface area contributed by atoms with Crippen LogP contribution in [0.2, 0.25) is 0 Å². The Morgan fingerprint density at radius 1 is 0.939 bits per heavy atom. The van der Waals surface area contributed by atoms with Crippen LogP contribution in [0.15, 0.2) is 78.3 Å². The van der Waals surface area contributed by atoms with Gasteiger partial charge in [0.1, 0.15) is 5.56 Å². The van der Waals surface area contributed by atoms with Crippen molar-refractivity contribution in [2.24, 2.45) is 0 Å². The minimum atomic E-state index is -0.681. The molecule has 8 heteroatoms. The molecule has 7 nitrogen and oxygen atoms in total. The fraction of sp³-hybridized carbons (Fsp3) is 0.120. The van der Waals surface area contributed by atoms with Gasteiger partial charge in [-0.1, -0.05) is 54.6 Å². The van der Waals surface area contributed by atoms with Crippen LogP contribution in [0, 0.1) is 0 Å². The van der Waals surface area contributed by atoms with Gasteiger partial charge in [-0.15, -0.1) is 11.3 Å². The highest BCUT2D eigenvalue weighted by atomic mass is 32.1. The quantitative estimate of drug-likeness (QED) is 0.370. The van der Waals surface area contributed by atoms with Crippen LogP contribution in [0.1, 0.15) is 17.3 Å². The third-order valence-corrected chi connectivity index (χ3v) is 5.40. The number of thiazole rings is 1.